The summed E-state index contributed by atoms with van der Waals surface area (Å²) in [5.74, 6) is 1.21. The molecule has 180 valence electrons. The molecule has 1 saturated carbocycles. The Bertz CT molecular complexity index is 1350. The van der Waals surface area contributed by atoms with E-state index >= 15 is 0 Å². The normalized spacial score (nSPS) is 14.9. The summed E-state index contributed by atoms with van der Waals surface area (Å²) in [6.45, 7) is 7.96. The maximum Gasteiger partial charge on any atom is 0.435 e. The molecule has 2 aromatic carbocycles. The van der Waals surface area contributed by atoms with Crippen LogP contribution in [0.3, 0.4) is 0 Å². The van der Waals surface area contributed by atoms with Crippen molar-refractivity contribution in [2.24, 2.45) is 5.92 Å². The Morgan fingerprint density at radius 3 is 2.41 bits per heavy atom. The SMILES string of the molecule is CCN(Cc1c(C(F)(F)F)nc2n(-c3ccc(C(C)C)cc3Br)c3ccccc3n12)CC1CC1. The monoisotopic (exact) mass is 532 g/mol. The molecule has 34 heavy (non-hydrogen) atoms. The molecular formula is C26H28BrF3N4. The van der Waals surface area contributed by atoms with E-state index in [4.69, 9.17) is 0 Å². The number of benzene rings is 2. The van der Waals surface area contributed by atoms with Gasteiger partial charge in [-0.25, -0.2) is 4.98 Å². The third kappa shape index (κ3) is 4.15. The minimum absolute atomic E-state index is 0.204. The van der Waals surface area contributed by atoms with Crippen molar-refractivity contribution in [3.05, 3.63) is 63.9 Å². The molecule has 0 radical (unpaired) electrons. The number of nitrogens with zero attached hydrogens (tertiary/aromatic N) is 4. The Morgan fingerprint density at radius 2 is 1.82 bits per heavy atom. The largest absolute Gasteiger partial charge is 0.435 e. The van der Waals surface area contributed by atoms with Crippen LogP contribution in [0.5, 0.6) is 0 Å². The van der Waals surface area contributed by atoms with E-state index in [1.165, 1.54) is 0 Å². The van der Waals surface area contributed by atoms with E-state index in [9.17, 15) is 13.2 Å². The number of halogens is 4. The highest BCUT2D eigenvalue weighted by Gasteiger charge is 2.40. The lowest BCUT2D eigenvalue weighted by Crippen LogP contribution is -2.27. The molecule has 0 atom stereocenters. The van der Waals surface area contributed by atoms with E-state index in [1.807, 2.05) is 54.0 Å². The van der Waals surface area contributed by atoms with Crippen LogP contribution in [0.15, 0.2) is 46.9 Å². The van der Waals surface area contributed by atoms with Crippen LogP contribution < -0.4 is 0 Å². The zero-order chi connectivity index (χ0) is 24.2. The summed E-state index contributed by atoms with van der Waals surface area (Å²) in [4.78, 5) is 6.34. The fourth-order valence-electron chi connectivity index (χ4n) is 4.65. The molecule has 0 bridgehead atoms. The first-order valence-electron chi connectivity index (χ1n) is 11.8. The zero-order valence-corrected chi connectivity index (χ0v) is 21.1. The van der Waals surface area contributed by atoms with E-state index < -0.39 is 11.9 Å². The molecule has 0 amide bonds. The lowest BCUT2D eigenvalue weighted by molar-refractivity contribution is -0.141. The van der Waals surface area contributed by atoms with Crippen molar-refractivity contribution in [3.63, 3.8) is 0 Å². The third-order valence-corrected chi connectivity index (χ3v) is 7.34. The number of para-hydroxylation sites is 2. The summed E-state index contributed by atoms with van der Waals surface area (Å²) < 4.78 is 47.1. The van der Waals surface area contributed by atoms with Crippen LogP contribution in [0, 0.1) is 5.92 Å². The Labute approximate surface area is 205 Å². The molecule has 1 aliphatic rings. The number of rotatable bonds is 7. The highest BCUT2D eigenvalue weighted by atomic mass is 79.9. The second-order valence-electron chi connectivity index (χ2n) is 9.50. The number of hydrogen-bond donors (Lipinski definition) is 0. The van der Waals surface area contributed by atoms with Gasteiger partial charge in [-0.2, -0.15) is 13.2 Å². The van der Waals surface area contributed by atoms with Gasteiger partial charge in [0.05, 0.1) is 22.4 Å². The van der Waals surface area contributed by atoms with Crippen molar-refractivity contribution in [2.45, 2.75) is 52.3 Å². The molecule has 2 aromatic heterocycles. The van der Waals surface area contributed by atoms with Gasteiger partial charge in [0.25, 0.3) is 0 Å². The second kappa shape index (κ2) is 8.72. The van der Waals surface area contributed by atoms with Gasteiger partial charge in [-0.3, -0.25) is 13.9 Å². The van der Waals surface area contributed by atoms with Gasteiger partial charge in [0, 0.05) is 17.6 Å². The lowest BCUT2D eigenvalue weighted by atomic mass is 10.0. The van der Waals surface area contributed by atoms with Crippen molar-refractivity contribution in [2.75, 3.05) is 13.1 Å². The number of hydrogen-bond acceptors (Lipinski definition) is 2. The first kappa shape index (κ1) is 23.4. The van der Waals surface area contributed by atoms with Crippen LogP contribution in [0.1, 0.15) is 56.5 Å². The molecule has 0 saturated heterocycles. The molecule has 1 fully saturated rings. The smallest absolute Gasteiger partial charge is 0.298 e. The maximum absolute atomic E-state index is 14.2. The van der Waals surface area contributed by atoms with Gasteiger partial charge in [-0.05, 0) is 77.0 Å². The summed E-state index contributed by atoms with van der Waals surface area (Å²) in [7, 11) is 0. The summed E-state index contributed by atoms with van der Waals surface area (Å²) >= 11 is 3.67. The van der Waals surface area contributed by atoms with Crippen LogP contribution in [-0.4, -0.2) is 31.9 Å². The third-order valence-electron chi connectivity index (χ3n) is 6.70. The molecule has 8 heteroatoms. The van der Waals surface area contributed by atoms with Crippen molar-refractivity contribution in [3.8, 4) is 5.69 Å². The van der Waals surface area contributed by atoms with E-state index in [0.29, 0.717) is 18.4 Å². The van der Waals surface area contributed by atoms with Gasteiger partial charge < -0.3 is 0 Å². The Hall–Kier alpha value is -2.32. The van der Waals surface area contributed by atoms with Crippen LogP contribution in [0.4, 0.5) is 13.2 Å². The number of fused-ring (bicyclic) bond motifs is 3. The van der Waals surface area contributed by atoms with Crippen LogP contribution in [0.25, 0.3) is 22.5 Å². The summed E-state index contributed by atoms with van der Waals surface area (Å²) in [6.07, 6.45) is -2.22. The van der Waals surface area contributed by atoms with Gasteiger partial charge in [0.15, 0.2) is 5.69 Å². The minimum Gasteiger partial charge on any atom is -0.298 e. The molecule has 5 rings (SSSR count). The van der Waals surface area contributed by atoms with E-state index in [1.54, 1.807) is 4.40 Å². The average molecular weight is 533 g/mol. The van der Waals surface area contributed by atoms with Crippen LogP contribution >= 0.6 is 15.9 Å². The molecule has 0 aliphatic heterocycles. The predicted molar refractivity (Wildman–Crippen MR) is 132 cm³/mol. The summed E-state index contributed by atoms with van der Waals surface area (Å²) in [5, 5.41) is 0. The highest BCUT2D eigenvalue weighted by Crippen LogP contribution is 2.38. The zero-order valence-electron chi connectivity index (χ0n) is 19.5. The van der Waals surface area contributed by atoms with Crippen molar-refractivity contribution in [1.29, 1.82) is 0 Å². The molecule has 2 heterocycles. The molecule has 4 aromatic rings. The first-order valence-corrected chi connectivity index (χ1v) is 12.6. The van der Waals surface area contributed by atoms with Gasteiger partial charge in [-0.15, -0.1) is 0 Å². The quantitative estimate of drug-likeness (QED) is 0.247. The van der Waals surface area contributed by atoms with Crippen LogP contribution in [-0.2, 0) is 12.7 Å². The van der Waals surface area contributed by atoms with Crippen LogP contribution in [0.2, 0.25) is 0 Å². The Balaban J connectivity index is 1.76. The van der Waals surface area contributed by atoms with Crippen molar-refractivity contribution < 1.29 is 13.2 Å². The molecular weight excluding hydrogens is 505 g/mol. The number of imidazole rings is 2. The van der Waals surface area contributed by atoms with E-state index in [-0.39, 0.29) is 18.0 Å². The fraction of sp³-hybridized carbons (Fsp3) is 0.423. The van der Waals surface area contributed by atoms with Gasteiger partial charge >= 0.3 is 6.18 Å². The maximum atomic E-state index is 14.2. The number of aromatic nitrogens is 3. The topological polar surface area (TPSA) is 25.5 Å². The van der Waals surface area contributed by atoms with Crippen molar-refractivity contribution >= 4 is 32.7 Å². The lowest BCUT2D eigenvalue weighted by Gasteiger charge is -2.21. The van der Waals surface area contributed by atoms with Gasteiger partial charge in [0.1, 0.15) is 0 Å². The van der Waals surface area contributed by atoms with Gasteiger partial charge in [0.2, 0.25) is 5.78 Å². The van der Waals surface area contributed by atoms with E-state index in [2.05, 4.69) is 39.7 Å². The minimum atomic E-state index is -4.54. The average Bonchev–Trinajstić information content (AvgIpc) is 3.44. The standard InChI is InChI=1S/C26H28BrF3N4/c1-4-32(14-17-9-10-17)15-23-24(26(28,29)30)31-25-33(21-7-5-6-8-22(21)34(23)25)20-12-11-18(16(2)3)13-19(20)27/h5-8,11-13,16-17H,4,9-10,14-15H2,1-3H3. The summed E-state index contributed by atoms with van der Waals surface area (Å²) in [6, 6.07) is 13.6. The van der Waals surface area contributed by atoms with E-state index in [0.717, 1.165) is 46.1 Å². The van der Waals surface area contributed by atoms with Crippen molar-refractivity contribution in [1.82, 2.24) is 18.9 Å². The molecule has 0 spiro atoms. The molecule has 0 unspecified atom stereocenters. The highest BCUT2D eigenvalue weighted by molar-refractivity contribution is 9.10. The second-order valence-corrected chi connectivity index (χ2v) is 10.4. The first-order chi connectivity index (χ1) is 16.2. The number of alkyl halides is 3. The Morgan fingerprint density at radius 1 is 1.12 bits per heavy atom. The van der Waals surface area contributed by atoms with Gasteiger partial charge in [-0.1, -0.05) is 39.0 Å². The molecule has 0 N–H and O–H groups in total. The fourth-order valence-corrected chi connectivity index (χ4v) is 5.22. The molecule has 4 nitrogen and oxygen atoms in total. The summed E-state index contributed by atoms with van der Waals surface area (Å²) in [5.41, 5.74) is 2.87. The predicted octanol–water partition coefficient (Wildman–Crippen LogP) is 7.41. The molecule has 1 aliphatic carbocycles. The Kier molecular flexibility index (Phi) is 6.01.